The molecule has 140 valence electrons. The average molecular weight is 350 g/mol. The Morgan fingerprint density at radius 2 is 1.96 bits per heavy atom. The fourth-order valence-corrected chi connectivity index (χ4v) is 6.25. The minimum Gasteiger partial charge on any atom is -0.469 e. The van der Waals surface area contributed by atoms with Crippen molar-refractivity contribution >= 4 is 11.9 Å². The lowest BCUT2D eigenvalue weighted by Crippen LogP contribution is -2.45. The van der Waals surface area contributed by atoms with E-state index in [4.69, 9.17) is 14.2 Å². The van der Waals surface area contributed by atoms with Gasteiger partial charge < -0.3 is 14.2 Å². The van der Waals surface area contributed by atoms with E-state index in [9.17, 15) is 9.59 Å². The molecule has 8 unspecified atom stereocenters. The van der Waals surface area contributed by atoms with Gasteiger partial charge in [0.15, 0.2) is 0 Å². The summed E-state index contributed by atoms with van der Waals surface area (Å²) in [5.41, 5.74) is -0.678. The predicted octanol–water partition coefficient (Wildman–Crippen LogP) is 2.96. The highest BCUT2D eigenvalue weighted by Gasteiger charge is 2.62. The van der Waals surface area contributed by atoms with Gasteiger partial charge >= 0.3 is 11.9 Å². The number of hydrogen-bond donors (Lipinski definition) is 0. The Bertz CT molecular complexity index is 558. The van der Waals surface area contributed by atoms with E-state index in [1.807, 2.05) is 0 Å². The Balaban J connectivity index is 1.46. The molecule has 5 nitrogen and oxygen atoms in total. The van der Waals surface area contributed by atoms with Crippen LogP contribution < -0.4 is 0 Å². The van der Waals surface area contributed by atoms with Gasteiger partial charge in [0, 0.05) is 5.92 Å². The fourth-order valence-electron chi connectivity index (χ4n) is 6.25. The summed E-state index contributed by atoms with van der Waals surface area (Å²) in [4.78, 5) is 25.2. The van der Waals surface area contributed by atoms with E-state index < -0.39 is 5.41 Å². The molecule has 4 aliphatic rings. The maximum atomic E-state index is 13.2. The molecule has 5 heteroatoms. The lowest BCUT2D eigenvalue weighted by atomic mass is 9.64. The molecule has 25 heavy (non-hydrogen) atoms. The molecule has 2 saturated heterocycles. The number of esters is 2. The normalized spacial score (nSPS) is 47.2. The van der Waals surface area contributed by atoms with Gasteiger partial charge in [0.05, 0.1) is 37.8 Å². The zero-order valence-corrected chi connectivity index (χ0v) is 15.5. The minimum atomic E-state index is -0.678. The molecule has 0 aromatic carbocycles. The standard InChI is InChI=1S/C20H30O5/c1-11-12(2)16-7-13(11)8-20(16,9-18(21)23-3)19(22)24-10-14-6-15-4-5-17(14)25-15/h11-17H,4-10H2,1-3H3. The lowest BCUT2D eigenvalue weighted by molar-refractivity contribution is -0.169. The zero-order valence-electron chi connectivity index (χ0n) is 15.5. The van der Waals surface area contributed by atoms with Gasteiger partial charge in [-0.1, -0.05) is 13.8 Å². The van der Waals surface area contributed by atoms with E-state index in [1.54, 1.807) is 0 Å². The maximum absolute atomic E-state index is 13.2. The molecule has 8 atom stereocenters. The number of fused-ring (bicyclic) bond motifs is 4. The second-order valence-corrected chi connectivity index (χ2v) is 8.90. The van der Waals surface area contributed by atoms with Crippen LogP contribution in [0.4, 0.5) is 0 Å². The smallest absolute Gasteiger partial charge is 0.312 e. The molecule has 2 saturated carbocycles. The first kappa shape index (κ1) is 17.3. The van der Waals surface area contributed by atoms with E-state index in [2.05, 4.69) is 13.8 Å². The quantitative estimate of drug-likeness (QED) is 0.714. The number of carbonyl (C=O) groups is 2. The van der Waals surface area contributed by atoms with Gasteiger partial charge in [0.1, 0.15) is 0 Å². The lowest BCUT2D eigenvalue weighted by Gasteiger charge is -2.40. The van der Waals surface area contributed by atoms with Crippen LogP contribution in [0.15, 0.2) is 0 Å². The number of methoxy groups -OCH3 is 1. The minimum absolute atomic E-state index is 0.160. The molecule has 4 fully saturated rings. The summed E-state index contributed by atoms with van der Waals surface area (Å²) < 4.78 is 16.6. The summed E-state index contributed by atoms with van der Waals surface area (Å²) in [6, 6.07) is 0. The number of hydrogen-bond acceptors (Lipinski definition) is 5. The van der Waals surface area contributed by atoms with Crippen molar-refractivity contribution < 1.29 is 23.8 Å². The van der Waals surface area contributed by atoms with Crippen molar-refractivity contribution in [3.63, 3.8) is 0 Å². The van der Waals surface area contributed by atoms with Gasteiger partial charge in [-0.25, -0.2) is 0 Å². The topological polar surface area (TPSA) is 61.8 Å². The Hall–Kier alpha value is -1.10. The van der Waals surface area contributed by atoms with Crippen LogP contribution >= 0.6 is 0 Å². The second kappa shape index (κ2) is 6.26. The number of rotatable bonds is 5. The summed E-state index contributed by atoms with van der Waals surface area (Å²) in [5, 5.41) is 0. The molecule has 4 rings (SSSR count). The van der Waals surface area contributed by atoms with Crippen LogP contribution in [-0.2, 0) is 23.8 Å². The van der Waals surface area contributed by atoms with Gasteiger partial charge in [-0.15, -0.1) is 0 Å². The summed E-state index contributed by atoms with van der Waals surface area (Å²) in [6.07, 6.45) is 5.81. The van der Waals surface area contributed by atoms with Crippen LogP contribution in [0.1, 0.15) is 52.4 Å². The van der Waals surface area contributed by atoms with Crippen molar-refractivity contribution in [2.75, 3.05) is 13.7 Å². The van der Waals surface area contributed by atoms with Crippen LogP contribution in [0.25, 0.3) is 0 Å². The highest BCUT2D eigenvalue weighted by Crippen LogP contribution is 2.63. The molecule has 0 radical (unpaired) electrons. The molecule has 0 spiro atoms. The largest absolute Gasteiger partial charge is 0.469 e. The van der Waals surface area contributed by atoms with Crippen molar-refractivity contribution in [2.45, 2.75) is 64.6 Å². The Morgan fingerprint density at radius 3 is 2.52 bits per heavy atom. The highest BCUT2D eigenvalue weighted by atomic mass is 16.5. The van der Waals surface area contributed by atoms with E-state index in [-0.39, 0.29) is 30.4 Å². The first-order valence-corrected chi connectivity index (χ1v) is 9.84. The predicted molar refractivity (Wildman–Crippen MR) is 90.6 cm³/mol. The van der Waals surface area contributed by atoms with Gasteiger partial charge in [-0.3, -0.25) is 9.59 Å². The van der Waals surface area contributed by atoms with Crippen molar-refractivity contribution in [3.8, 4) is 0 Å². The van der Waals surface area contributed by atoms with Crippen molar-refractivity contribution in [3.05, 3.63) is 0 Å². The Morgan fingerprint density at radius 1 is 1.16 bits per heavy atom. The first-order chi connectivity index (χ1) is 11.9. The molecule has 0 amide bonds. The molecule has 2 aliphatic heterocycles. The molecule has 0 N–H and O–H groups in total. The molecule has 2 aliphatic carbocycles. The Kier molecular flexibility index (Phi) is 4.33. The maximum Gasteiger partial charge on any atom is 0.312 e. The summed E-state index contributed by atoms with van der Waals surface area (Å²) in [5.74, 6) is 1.66. The summed E-state index contributed by atoms with van der Waals surface area (Å²) >= 11 is 0. The first-order valence-electron chi connectivity index (χ1n) is 9.84. The van der Waals surface area contributed by atoms with Gasteiger partial charge in [0.25, 0.3) is 0 Å². The van der Waals surface area contributed by atoms with Gasteiger partial charge in [-0.2, -0.15) is 0 Å². The van der Waals surface area contributed by atoms with E-state index in [0.29, 0.717) is 36.4 Å². The molecular weight excluding hydrogens is 320 g/mol. The van der Waals surface area contributed by atoms with Crippen LogP contribution in [0.2, 0.25) is 0 Å². The van der Waals surface area contributed by atoms with Gasteiger partial charge in [-0.05, 0) is 55.8 Å². The van der Waals surface area contributed by atoms with Crippen molar-refractivity contribution in [2.24, 2.45) is 35.0 Å². The van der Waals surface area contributed by atoms with Crippen LogP contribution in [0, 0.1) is 35.0 Å². The van der Waals surface area contributed by atoms with Crippen LogP contribution in [0.5, 0.6) is 0 Å². The molecule has 2 heterocycles. The molecule has 4 bridgehead atoms. The SMILES string of the molecule is COC(=O)CC1(C(=O)OCC2CC3CCC2O3)CC2CC1C(C)C2C. The third kappa shape index (κ3) is 2.70. The monoisotopic (exact) mass is 350 g/mol. The third-order valence-corrected chi connectivity index (χ3v) is 7.85. The van der Waals surface area contributed by atoms with Crippen molar-refractivity contribution in [1.29, 1.82) is 0 Å². The Labute approximate surface area is 149 Å². The zero-order chi connectivity index (χ0) is 17.8. The highest BCUT2D eigenvalue weighted by molar-refractivity contribution is 5.84. The van der Waals surface area contributed by atoms with Gasteiger partial charge in [0.2, 0.25) is 0 Å². The summed E-state index contributed by atoms with van der Waals surface area (Å²) in [7, 11) is 1.40. The second-order valence-electron chi connectivity index (χ2n) is 8.90. The average Bonchev–Trinajstić information content (AvgIpc) is 3.35. The third-order valence-electron chi connectivity index (χ3n) is 7.85. The number of carbonyl (C=O) groups excluding carboxylic acids is 2. The van der Waals surface area contributed by atoms with Crippen LogP contribution in [-0.4, -0.2) is 37.9 Å². The number of ether oxygens (including phenoxy) is 3. The molecular formula is C20H30O5. The fraction of sp³-hybridized carbons (Fsp3) is 0.900. The summed E-state index contributed by atoms with van der Waals surface area (Å²) in [6.45, 7) is 4.93. The van der Waals surface area contributed by atoms with E-state index in [0.717, 1.165) is 32.1 Å². The molecule has 0 aromatic heterocycles. The molecule has 0 aromatic rings. The van der Waals surface area contributed by atoms with E-state index in [1.165, 1.54) is 7.11 Å². The van der Waals surface area contributed by atoms with E-state index >= 15 is 0 Å². The van der Waals surface area contributed by atoms with Crippen LogP contribution in [0.3, 0.4) is 0 Å². The van der Waals surface area contributed by atoms with Crippen molar-refractivity contribution in [1.82, 2.24) is 0 Å².